The number of halogens is 1. The van der Waals surface area contributed by atoms with Crippen LogP contribution in [0.1, 0.15) is 37.2 Å². The zero-order chi connectivity index (χ0) is 15.4. The molecule has 1 unspecified atom stereocenters. The second-order valence-electron chi connectivity index (χ2n) is 5.19. The van der Waals surface area contributed by atoms with Crippen LogP contribution in [0.25, 0.3) is 0 Å². The average Bonchev–Trinajstić information content (AvgIpc) is 2.87. The molecule has 1 heterocycles. The maximum Gasteiger partial charge on any atom is 0.118 e. The van der Waals surface area contributed by atoms with Gasteiger partial charge in [0.1, 0.15) is 5.75 Å². The minimum Gasteiger partial charge on any atom is -0.497 e. The fourth-order valence-corrected chi connectivity index (χ4v) is 2.58. The summed E-state index contributed by atoms with van der Waals surface area (Å²) in [6.07, 6.45) is 2.38. The van der Waals surface area contributed by atoms with E-state index in [0.29, 0.717) is 5.02 Å². The molecule has 0 aliphatic rings. The molecule has 3 N–H and O–H groups in total. The number of nitrogens with one attached hydrogen (secondary N) is 1. The number of methoxy groups -OCH3 is 1. The maximum absolute atomic E-state index is 6.28. The van der Waals surface area contributed by atoms with Gasteiger partial charge in [-0.2, -0.15) is 5.10 Å². The van der Waals surface area contributed by atoms with Crippen molar-refractivity contribution in [3.05, 3.63) is 46.7 Å². The van der Waals surface area contributed by atoms with E-state index in [4.69, 9.17) is 22.2 Å². The van der Waals surface area contributed by atoms with Gasteiger partial charge in [-0.3, -0.25) is 16.0 Å². The van der Waals surface area contributed by atoms with E-state index in [9.17, 15) is 0 Å². The summed E-state index contributed by atoms with van der Waals surface area (Å²) in [4.78, 5) is 0. The lowest BCUT2D eigenvalue weighted by Gasteiger charge is -2.20. The van der Waals surface area contributed by atoms with Crippen LogP contribution in [0.4, 0.5) is 0 Å². The molecular formula is C15H21ClN4O. The standard InChI is InChI=1S/C15H21ClN4O/c1-10(2)20-15(13(16)9-18-20)14(19-17)8-11-4-6-12(21-3)7-5-11/h4-7,9-10,14,19H,8,17H2,1-3H3. The van der Waals surface area contributed by atoms with E-state index in [1.807, 2.05) is 28.9 Å². The predicted octanol–water partition coefficient (Wildman–Crippen LogP) is 2.87. The molecule has 2 rings (SSSR count). The fourth-order valence-electron chi connectivity index (χ4n) is 2.32. The van der Waals surface area contributed by atoms with E-state index < -0.39 is 0 Å². The molecule has 0 aliphatic carbocycles. The van der Waals surface area contributed by atoms with Gasteiger partial charge in [0, 0.05) is 6.04 Å². The number of ether oxygens (including phenoxy) is 1. The normalized spacial score (nSPS) is 12.7. The van der Waals surface area contributed by atoms with Crippen molar-refractivity contribution in [3.8, 4) is 5.75 Å². The number of hydrazine groups is 1. The van der Waals surface area contributed by atoms with E-state index in [0.717, 1.165) is 23.4 Å². The van der Waals surface area contributed by atoms with E-state index in [1.165, 1.54) is 0 Å². The molecule has 0 radical (unpaired) electrons. The van der Waals surface area contributed by atoms with Gasteiger partial charge < -0.3 is 4.74 Å². The van der Waals surface area contributed by atoms with Crippen LogP contribution in [-0.2, 0) is 6.42 Å². The van der Waals surface area contributed by atoms with Crippen molar-refractivity contribution in [2.24, 2.45) is 5.84 Å². The van der Waals surface area contributed by atoms with Crippen molar-refractivity contribution in [1.82, 2.24) is 15.2 Å². The van der Waals surface area contributed by atoms with Crippen LogP contribution in [-0.4, -0.2) is 16.9 Å². The molecule has 0 spiro atoms. The molecule has 1 aromatic heterocycles. The second-order valence-corrected chi connectivity index (χ2v) is 5.59. The molecular weight excluding hydrogens is 288 g/mol. The Hall–Kier alpha value is -1.56. The van der Waals surface area contributed by atoms with Gasteiger partial charge in [-0.15, -0.1) is 0 Å². The van der Waals surface area contributed by atoms with Crippen molar-refractivity contribution < 1.29 is 4.74 Å². The van der Waals surface area contributed by atoms with Crippen molar-refractivity contribution in [2.45, 2.75) is 32.4 Å². The number of aromatic nitrogens is 2. The predicted molar refractivity (Wildman–Crippen MR) is 84.4 cm³/mol. The van der Waals surface area contributed by atoms with Crippen LogP contribution in [0.5, 0.6) is 5.75 Å². The van der Waals surface area contributed by atoms with Gasteiger partial charge >= 0.3 is 0 Å². The van der Waals surface area contributed by atoms with Crippen LogP contribution in [0.3, 0.4) is 0 Å². The number of nitrogens with two attached hydrogens (primary N) is 1. The molecule has 0 saturated heterocycles. The highest BCUT2D eigenvalue weighted by atomic mass is 35.5. The lowest BCUT2D eigenvalue weighted by Crippen LogP contribution is -2.32. The Morgan fingerprint density at radius 3 is 2.52 bits per heavy atom. The third kappa shape index (κ3) is 3.56. The van der Waals surface area contributed by atoms with Crippen LogP contribution in [0.15, 0.2) is 30.5 Å². The van der Waals surface area contributed by atoms with Crippen LogP contribution in [0, 0.1) is 0 Å². The molecule has 114 valence electrons. The molecule has 0 aliphatic heterocycles. The Labute approximate surface area is 130 Å². The van der Waals surface area contributed by atoms with Crippen LogP contribution >= 0.6 is 11.6 Å². The van der Waals surface area contributed by atoms with Gasteiger partial charge in [0.25, 0.3) is 0 Å². The highest BCUT2D eigenvalue weighted by Crippen LogP contribution is 2.28. The number of hydrogen-bond donors (Lipinski definition) is 2. The van der Waals surface area contributed by atoms with Gasteiger partial charge in [0.2, 0.25) is 0 Å². The first-order chi connectivity index (χ1) is 10.1. The van der Waals surface area contributed by atoms with Crippen LogP contribution in [0.2, 0.25) is 5.02 Å². The van der Waals surface area contributed by atoms with E-state index in [2.05, 4.69) is 24.4 Å². The lowest BCUT2D eigenvalue weighted by molar-refractivity contribution is 0.414. The molecule has 21 heavy (non-hydrogen) atoms. The van der Waals surface area contributed by atoms with Crippen molar-refractivity contribution in [3.63, 3.8) is 0 Å². The third-order valence-corrected chi connectivity index (χ3v) is 3.70. The van der Waals surface area contributed by atoms with Gasteiger partial charge in [-0.05, 0) is 38.0 Å². The molecule has 1 atom stereocenters. The topological polar surface area (TPSA) is 65.1 Å². The Balaban J connectivity index is 2.25. The molecule has 0 bridgehead atoms. The monoisotopic (exact) mass is 308 g/mol. The van der Waals surface area contributed by atoms with E-state index >= 15 is 0 Å². The summed E-state index contributed by atoms with van der Waals surface area (Å²) >= 11 is 6.28. The van der Waals surface area contributed by atoms with Gasteiger partial charge in [0.15, 0.2) is 0 Å². The first-order valence-electron chi connectivity index (χ1n) is 6.88. The molecule has 0 saturated carbocycles. The maximum atomic E-state index is 6.28. The highest BCUT2D eigenvalue weighted by molar-refractivity contribution is 6.31. The summed E-state index contributed by atoms with van der Waals surface area (Å²) in [5, 5.41) is 4.95. The lowest BCUT2D eigenvalue weighted by atomic mass is 10.0. The zero-order valence-corrected chi connectivity index (χ0v) is 13.3. The Kier molecular flexibility index (Phi) is 5.22. The second kappa shape index (κ2) is 6.93. The zero-order valence-electron chi connectivity index (χ0n) is 12.5. The molecule has 2 aromatic rings. The highest BCUT2D eigenvalue weighted by Gasteiger charge is 2.21. The quantitative estimate of drug-likeness (QED) is 0.636. The molecule has 0 fully saturated rings. The molecule has 6 heteroatoms. The van der Waals surface area contributed by atoms with E-state index in [1.54, 1.807) is 13.3 Å². The minimum atomic E-state index is -0.101. The molecule has 5 nitrogen and oxygen atoms in total. The third-order valence-electron chi connectivity index (χ3n) is 3.41. The van der Waals surface area contributed by atoms with Crippen molar-refractivity contribution in [1.29, 1.82) is 0 Å². The number of benzene rings is 1. The first-order valence-corrected chi connectivity index (χ1v) is 7.26. The van der Waals surface area contributed by atoms with Crippen molar-refractivity contribution in [2.75, 3.05) is 7.11 Å². The first kappa shape index (κ1) is 15.8. The summed E-state index contributed by atoms with van der Waals surface area (Å²) < 4.78 is 7.07. The Bertz CT molecular complexity index is 580. The average molecular weight is 309 g/mol. The summed E-state index contributed by atoms with van der Waals surface area (Å²) in [6.45, 7) is 4.13. The van der Waals surface area contributed by atoms with Gasteiger partial charge in [-0.1, -0.05) is 23.7 Å². The Morgan fingerprint density at radius 2 is 2.00 bits per heavy atom. The van der Waals surface area contributed by atoms with Crippen molar-refractivity contribution >= 4 is 11.6 Å². The summed E-state index contributed by atoms with van der Waals surface area (Å²) in [7, 11) is 1.65. The van der Waals surface area contributed by atoms with Gasteiger partial charge in [-0.25, -0.2) is 0 Å². The summed E-state index contributed by atoms with van der Waals surface area (Å²) in [5.74, 6) is 6.57. The SMILES string of the molecule is COc1ccc(CC(NN)c2c(Cl)cnn2C(C)C)cc1. The van der Waals surface area contributed by atoms with Gasteiger partial charge in [0.05, 0.1) is 30.1 Å². The van der Waals surface area contributed by atoms with Crippen LogP contribution < -0.4 is 16.0 Å². The molecule has 0 amide bonds. The minimum absolute atomic E-state index is 0.101. The largest absolute Gasteiger partial charge is 0.497 e. The molecule has 1 aromatic carbocycles. The smallest absolute Gasteiger partial charge is 0.118 e. The fraction of sp³-hybridized carbons (Fsp3) is 0.400. The summed E-state index contributed by atoms with van der Waals surface area (Å²) in [5.41, 5.74) is 4.89. The number of hydrogen-bond acceptors (Lipinski definition) is 4. The number of nitrogens with zero attached hydrogens (tertiary/aromatic N) is 2. The number of rotatable bonds is 6. The summed E-state index contributed by atoms with van der Waals surface area (Å²) in [6, 6.07) is 8.03. The van der Waals surface area contributed by atoms with E-state index in [-0.39, 0.29) is 12.1 Å². The Morgan fingerprint density at radius 1 is 1.33 bits per heavy atom.